The van der Waals surface area contributed by atoms with Crippen LogP contribution in [0.15, 0.2) is 23.8 Å². The van der Waals surface area contributed by atoms with Gasteiger partial charge in [0.15, 0.2) is 0 Å². The van der Waals surface area contributed by atoms with Gasteiger partial charge in [0.2, 0.25) is 0 Å². The van der Waals surface area contributed by atoms with Gasteiger partial charge in [-0.05, 0) is 30.9 Å². The van der Waals surface area contributed by atoms with E-state index in [4.69, 9.17) is 0 Å². The van der Waals surface area contributed by atoms with Gasteiger partial charge < -0.3 is 5.32 Å². The van der Waals surface area contributed by atoms with Crippen LogP contribution in [0.25, 0.3) is 0 Å². The Morgan fingerprint density at radius 3 is 2.56 bits per heavy atom. The molecule has 0 unspecified atom stereocenters. The predicted molar refractivity (Wildman–Crippen MR) is 63.8 cm³/mol. The molecule has 1 N–H and O–H groups in total. The highest BCUT2D eigenvalue weighted by atomic mass is 32.1. The molecule has 4 nitrogen and oxygen atoms in total. The summed E-state index contributed by atoms with van der Waals surface area (Å²) < 4.78 is 0. The van der Waals surface area contributed by atoms with Crippen molar-refractivity contribution < 1.29 is 4.79 Å². The Balaban J connectivity index is 2.14. The number of aryl methyl sites for hydroxylation is 2. The molecule has 2 aromatic rings. The van der Waals surface area contributed by atoms with Crippen molar-refractivity contribution in [1.82, 2.24) is 9.97 Å². The maximum Gasteiger partial charge on any atom is 0.266 e. The quantitative estimate of drug-likeness (QED) is 0.866. The Kier molecular flexibility index (Phi) is 2.96. The molecule has 82 valence electrons. The van der Waals surface area contributed by atoms with Gasteiger partial charge in [-0.2, -0.15) is 0 Å². The molecule has 0 bridgehead atoms. The zero-order chi connectivity index (χ0) is 11.5. The summed E-state index contributed by atoms with van der Waals surface area (Å²) in [6, 6.07) is 1.92. The van der Waals surface area contributed by atoms with Crippen molar-refractivity contribution >= 4 is 22.9 Å². The van der Waals surface area contributed by atoms with Gasteiger partial charge in [0, 0.05) is 0 Å². The molecule has 0 aliphatic rings. The number of thiophene rings is 1. The lowest BCUT2D eigenvalue weighted by Gasteiger charge is -2.03. The average Bonchev–Trinajstić information content (AvgIpc) is 2.68. The Hall–Kier alpha value is -1.75. The maximum atomic E-state index is 11.8. The molecule has 0 aromatic carbocycles. The topological polar surface area (TPSA) is 54.9 Å². The van der Waals surface area contributed by atoms with Crippen molar-refractivity contribution in [1.29, 1.82) is 0 Å². The highest BCUT2D eigenvalue weighted by Crippen LogP contribution is 2.17. The van der Waals surface area contributed by atoms with Crippen LogP contribution in [0.3, 0.4) is 0 Å². The van der Waals surface area contributed by atoms with E-state index in [1.54, 1.807) is 19.3 Å². The fraction of sp³-hybridized carbons (Fsp3) is 0.182. The van der Waals surface area contributed by atoms with E-state index in [0.29, 0.717) is 11.5 Å². The molecule has 2 heterocycles. The van der Waals surface area contributed by atoms with Crippen LogP contribution in [0, 0.1) is 13.8 Å². The molecule has 0 saturated carbocycles. The highest BCUT2D eigenvalue weighted by Gasteiger charge is 2.10. The number of anilines is 1. The average molecular weight is 233 g/mol. The molecule has 2 rings (SSSR count). The van der Waals surface area contributed by atoms with Crippen LogP contribution >= 0.6 is 11.3 Å². The summed E-state index contributed by atoms with van der Waals surface area (Å²) in [7, 11) is 0. The number of carbonyl (C=O) groups excluding carboxylic acids is 1. The maximum absolute atomic E-state index is 11.8. The van der Waals surface area contributed by atoms with Crippen molar-refractivity contribution in [3.05, 3.63) is 40.1 Å². The van der Waals surface area contributed by atoms with E-state index in [0.717, 1.165) is 10.4 Å². The van der Waals surface area contributed by atoms with Gasteiger partial charge in [0.1, 0.15) is 5.82 Å². The minimum Gasteiger partial charge on any atom is -0.319 e. The van der Waals surface area contributed by atoms with Crippen LogP contribution < -0.4 is 5.32 Å². The van der Waals surface area contributed by atoms with Crippen LogP contribution in [-0.4, -0.2) is 15.9 Å². The summed E-state index contributed by atoms with van der Waals surface area (Å²) in [6.07, 6.45) is 3.20. The van der Waals surface area contributed by atoms with E-state index in [-0.39, 0.29) is 5.91 Å². The van der Waals surface area contributed by atoms with Crippen molar-refractivity contribution in [3.8, 4) is 0 Å². The molecule has 0 saturated heterocycles. The zero-order valence-corrected chi connectivity index (χ0v) is 9.84. The summed E-state index contributed by atoms with van der Waals surface area (Å²) in [5.41, 5.74) is 1.60. The van der Waals surface area contributed by atoms with Crippen LogP contribution in [0.2, 0.25) is 0 Å². The highest BCUT2D eigenvalue weighted by molar-refractivity contribution is 7.12. The lowest BCUT2D eigenvalue weighted by Crippen LogP contribution is -2.11. The van der Waals surface area contributed by atoms with E-state index in [9.17, 15) is 4.79 Å². The molecule has 1 amide bonds. The number of hydrogen-bond donors (Lipinski definition) is 1. The second kappa shape index (κ2) is 4.40. The molecule has 16 heavy (non-hydrogen) atoms. The molecule has 0 spiro atoms. The summed E-state index contributed by atoms with van der Waals surface area (Å²) in [4.78, 5) is 20.6. The minimum atomic E-state index is -0.111. The summed E-state index contributed by atoms with van der Waals surface area (Å²) in [6.45, 7) is 3.71. The van der Waals surface area contributed by atoms with E-state index >= 15 is 0 Å². The van der Waals surface area contributed by atoms with Gasteiger partial charge in [0.05, 0.1) is 23.0 Å². The summed E-state index contributed by atoms with van der Waals surface area (Å²) >= 11 is 1.43. The molecule has 0 fully saturated rings. The molecule has 0 atom stereocenters. The van der Waals surface area contributed by atoms with Crippen LogP contribution in [-0.2, 0) is 0 Å². The van der Waals surface area contributed by atoms with E-state index in [2.05, 4.69) is 15.3 Å². The Morgan fingerprint density at radius 1 is 1.31 bits per heavy atom. The number of nitrogens with one attached hydrogen (secondary N) is 1. The number of carbonyl (C=O) groups is 1. The SMILES string of the molecule is Cc1ncc(NC(=O)c2sccc2C)cn1. The lowest BCUT2D eigenvalue weighted by molar-refractivity contribution is 0.103. The van der Waals surface area contributed by atoms with Gasteiger partial charge in [-0.25, -0.2) is 9.97 Å². The zero-order valence-electron chi connectivity index (χ0n) is 9.02. The molecule has 5 heteroatoms. The number of aromatic nitrogens is 2. The van der Waals surface area contributed by atoms with Crippen molar-refractivity contribution in [2.75, 3.05) is 5.32 Å². The fourth-order valence-corrected chi connectivity index (χ4v) is 2.07. The third kappa shape index (κ3) is 2.25. The van der Waals surface area contributed by atoms with Gasteiger partial charge in [-0.1, -0.05) is 0 Å². The molecule has 0 aliphatic heterocycles. The first-order valence-electron chi connectivity index (χ1n) is 4.81. The predicted octanol–water partition coefficient (Wildman–Crippen LogP) is 2.41. The first kappa shape index (κ1) is 10.8. The Labute approximate surface area is 97.4 Å². The monoisotopic (exact) mass is 233 g/mol. The van der Waals surface area contributed by atoms with Crippen LogP contribution in [0.1, 0.15) is 21.1 Å². The van der Waals surface area contributed by atoms with Gasteiger partial charge in [-0.3, -0.25) is 4.79 Å². The molecular weight excluding hydrogens is 222 g/mol. The molecule has 2 aromatic heterocycles. The Morgan fingerprint density at radius 2 is 2.00 bits per heavy atom. The molecule has 0 radical (unpaired) electrons. The number of nitrogens with zero attached hydrogens (tertiary/aromatic N) is 2. The third-order valence-electron chi connectivity index (χ3n) is 2.11. The Bertz CT molecular complexity index is 504. The van der Waals surface area contributed by atoms with Gasteiger partial charge in [-0.15, -0.1) is 11.3 Å². The summed E-state index contributed by atoms with van der Waals surface area (Å²) in [5.74, 6) is 0.574. The number of rotatable bonds is 2. The fourth-order valence-electron chi connectivity index (χ4n) is 1.25. The molecule has 0 aliphatic carbocycles. The lowest BCUT2D eigenvalue weighted by atomic mass is 10.3. The largest absolute Gasteiger partial charge is 0.319 e. The van der Waals surface area contributed by atoms with Crippen molar-refractivity contribution in [2.45, 2.75) is 13.8 Å². The molecular formula is C11H11N3OS. The van der Waals surface area contributed by atoms with E-state index in [1.807, 2.05) is 18.4 Å². The minimum absolute atomic E-state index is 0.111. The van der Waals surface area contributed by atoms with E-state index < -0.39 is 0 Å². The van der Waals surface area contributed by atoms with E-state index in [1.165, 1.54) is 11.3 Å². The second-order valence-corrected chi connectivity index (χ2v) is 4.32. The van der Waals surface area contributed by atoms with Crippen molar-refractivity contribution in [3.63, 3.8) is 0 Å². The first-order valence-corrected chi connectivity index (χ1v) is 5.69. The van der Waals surface area contributed by atoms with Gasteiger partial charge in [0.25, 0.3) is 5.91 Å². The van der Waals surface area contributed by atoms with Crippen molar-refractivity contribution in [2.24, 2.45) is 0 Å². The normalized spacial score (nSPS) is 10.1. The van der Waals surface area contributed by atoms with Crippen LogP contribution in [0.5, 0.6) is 0 Å². The standard InChI is InChI=1S/C11H11N3OS/c1-7-3-4-16-10(7)11(15)14-9-5-12-8(2)13-6-9/h3-6H,1-2H3,(H,14,15). The second-order valence-electron chi connectivity index (χ2n) is 3.41. The summed E-state index contributed by atoms with van der Waals surface area (Å²) in [5, 5.41) is 4.66. The number of amides is 1. The van der Waals surface area contributed by atoms with Crippen LogP contribution in [0.4, 0.5) is 5.69 Å². The van der Waals surface area contributed by atoms with Gasteiger partial charge >= 0.3 is 0 Å². The third-order valence-corrected chi connectivity index (χ3v) is 3.12. The number of hydrogen-bond acceptors (Lipinski definition) is 4. The first-order chi connectivity index (χ1) is 7.66. The smallest absolute Gasteiger partial charge is 0.266 e.